The third-order valence-electron chi connectivity index (χ3n) is 1.22. The summed E-state index contributed by atoms with van der Waals surface area (Å²) in [6.45, 7) is 3.61. The third-order valence-corrected chi connectivity index (χ3v) is 1.22. The van der Waals surface area contributed by atoms with E-state index in [1.165, 1.54) is 25.3 Å². The van der Waals surface area contributed by atoms with Gasteiger partial charge in [-0.25, -0.2) is 0 Å². The van der Waals surface area contributed by atoms with Gasteiger partial charge in [0.1, 0.15) is 6.29 Å². The summed E-state index contributed by atoms with van der Waals surface area (Å²) in [5, 5.41) is 0. The van der Waals surface area contributed by atoms with E-state index in [0.29, 0.717) is 0 Å². The number of aldehydes is 1. The Labute approximate surface area is 62.4 Å². The SMILES string of the molecule is CC1=CC=CCC1.CC=O. The molecule has 0 aromatic rings. The summed E-state index contributed by atoms with van der Waals surface area (Å²) in [6.07, 6.45) is 9.74. The van der Waals surface area contributed by atoms with Crippen molar-refractivity contribution in [3.05, 3.63) is 23.8 Å². The molecule has 0 spiro atoms. The average Bonchev–Trinajstić information content (AvgIpc) is 1.91. The van der Waals surface area contributed by atoms with Crippen LogP contribution in [0.2, 0.25) is 0 Å². The van der Waals surface area contributed by atoms with Crippen LogP contribution in [0.15, 0.2) is 23.8 Å². The first-order valence-corrected chi connectivity index (χ1v) is 3.53. The molecular weight excluding hydrogens is 124 g/mol. The zero-order valence-electron chi connectivity index (χ0n) is 6.63. The molecule has 56 valence electrons. The maximum absolute atomic E-state index is 8.81. The summed E-state index contributed by atoms with van der Waals surface area (Å²) < 4.78 is 0. The highest BCUT2D eigenvalue weighted by Gasteiger charge is 1.88. The Morgan fingerprint density at radius 3 is 2.40 bits per heavy atom. The molecule has 0 fully saturated rings. The Kier molecular flexibility index (Phi) is 5.74. The van der Waals surface area contributed by atoms with Crippen molar-refractivity contribution in [1.82, 2.24) is 0 Å². The van der Waals surface area contributed by atoms with Crippen molar-refractivity contribution in [3.63, 3.8) is 0 Å². The highest BCUT2D eigenvalue weighted by Crippen LogP contribution is 2.08. The van der Waals surface area contributed by atoms with Gasteiger partial charge in [0.25, 0.3) is 0 Å². The highest BCUT2D eigenvalue weighted by atomic mass is 16.1. The Hall–Kier alpha value is -0.850. The second kappa shape index (κ2) is 6.27. The van der Waals surface area contributed by atoms with E-state index in [-0.39, 0.29) is 0 Å². The highest BCUT2D eigenvalue weighted by molar-refractivity contribution is 5.44. The van der Waals surface area contributed by atoms with Gasteiger partial charge in [-0.1, -0.05) is 23.8 Å². The van der Waals surface area contributed by atoms with Gasteiger partial charge < -0.3 is 4.79 Å². The van der Waals surface area contributed by atoms with Crippen molar-refractivity contribution in [2.45, 2.75) is 26.7 Å². The van der Waals surface area contributed by atoms with Crippen molar-refractivity contribution in [2.24, 2.45) is 0 Å². The van der Waals surface area contributed by atoms with Gasteiger partial charge in [-0.2, -0.15) is 0 Å². The van der Waals surface area contributed by atoms with E-state index in [0.717, 1.165) is 6.29 Å². The molecule has 10 heavy (non-hydrogen) atoms. The van der Waals surface area contributed by atoms with Gasteiger partial charge in [0.2, 0.25) is 0 Å². The summed E-state index contributed by atoms with van der Waals surface area (Å²) in [7, 11) is 0. The first-order chi connectivity index (χ1) is 4.81. The van der Waals surface area contributed by atoms with Gasteiger partial charge in [-0.3, -0.25) is 0 Å². The van der Waals surface area contributed by atoms with Gasteiger partial charge in [0.05, 0.1) is 0 Å². The quantitative estimate of drug-likeness (QED) is 0.470. The second-order valence-electron chi connectivity index (χ2n) is 2.22. The Morgan fingerprint density at radius 2 is 2.20 bits per heavy atom. The van der Waals surface area contributed by atoms with E-state index in [4.69, 9.17) is 4.79 Å². The molecule has 0 atom stereocenters. The molecule has 1 heteroatoms. The lowest BCUT2D eigenvalue weighted by molar-refractivity contribution is -0.106. The van der Waals surface area contributed by atoms with Crippen molar-refractivity contribution >= 4 is 6.29 Å². The van der Waals surface area contributed by atoms with Gasteiger partial charge in [0, 0.05) is 0 Å². The third kappa shape index (κ3) is 5.29. The monoisotopic (exact) mass is 138 g/mol. The zero-order valence-corrected chi connectivity index (χ0v) is 6.63. The fourth-order valence-electron chi connectivity index (χ4n) is 0.723. The fourth-order valence-corrected chi connectivity index (χ4v) is 0.723. The van der Waals surface area contributed by atoms with Crippen LogP contribution in [0.25, 0.3) is 0 Å². The molecule has 0 aromatic carbocycles. The molecule has 0 unspecified atom stereocenters. The van der Waals surface area contributed by atoms with Crippen LogP contribution in [0.1, 0.15) is 26.7 Å². The van der Waals surface area contributed by atoms with Gasteiger partial charge in [-0.15, -0.1) is 0 Å². The molecule has 0 saturated carbocycles. The lowest BCUT2D eigenvalue weighted by Crippen LogP contribution is -1.78. The standard InChI is InChI=1S/C7H10.C2H4O/c1-7-5-3-2-4-6-7;1-2-3/h2-3,5H,4,6H2,1H3;2H,1H3. The molecule has 1 nitrogen and oxygen atoms in total. The number of allylic oxidation sites excluding steroid dienone is 4. The van der Waals surface area contributed by atoms with Gasteiger partial charge in [0.15, 0.2) is 0 Å². The number of hydrogen-bond acceptors (Lipinski definition) is 1. The minimum atomic E-state index is 0.750. The van der Waals surface area contributed by atoms with E-state index in [9.17, 15) is 0 Å². The number of rotatable bonds is 0. The predicted octanol–water partition coefficient (Wildman–Crippen LogP) is 2.49. The predicted molar refractivity (Wildman–Crippen MR) is 43.9 cm³/mol. The molecule has 0 saturated heterocycles. The van der Waals surface area contributed by atoms with E-state index in [2.05, 4.69) is 25.2 Å². The molecule has 1 rings (SSSR count). The van der Waals surface area contributed by atoms with Crippen LogP contribution in [0, 0.1) is 0 Å². The zero-order chi connectivity index (χ0) is 7.82. The first kappa shape index (κ1) is 9.15. The normalized spacial score (nSPS) is 14.8. The van der Waals surface area contributed by atoms with E-state index >= 15 is 0 Å². The summed E-state index contributed by atoms with van der Waals surface area (Å²) >= 11 is 0. The van der Waals surface area contributed by atoms with Crippen molar-refractivity contribution in [3.8, 4) is 0 Å². The van der Waals surface area contributed by atoms with Gasteiger partial charge >= 0.3 is 0 Å². The maximum atomic E-state index is 8.81. The maximum Gasteiger partial charge on any atom is 0.116 e. The lowest BCUT2D eigenvalue weighted by atomic mass is 10.1. The largest absolute Gasteiger partial charge is 0.304 e. The van der Waals surface area contributed by atoms with Crippen LogP contribution in [0.4, 0.5) is 0 Å². The lowest BCUT2D eigenvalue weighted by Gasteiger charge is -1.98. The molecular formula is C9H14O. The van der Waals surface area contributed by atoms with E-state index in [1.807, 2.05) is 0 Å². The van der Waals surface area contributed by atoms with Gasteiger partial charge in [-0.05, 0) is 26.7 Å². The first-order valence-electron chi connectivity index (χ1n) is 3.53. The molecule has 0 amide bonds. The second-order valence-corrected chi connectivity index (χ2v) is 2.22. The van der Waals surface area contributed by atoms with Crippen LogP contribution in [-0.4, -0.2) is 6.29 Å². The fraction of sp³-hybridized carbons (Fsp3) is 0.444. The Balaban J connectivity index is 0.000000236. The summed E-state index contributed by atoms with van der Waals surface area (Å²) in [5.41, 5.74) is 1.50. The minimum absolute atomic E-state index is 0.750. The summed E-state index contributed by atoms with van der Waals surface area (Å²) in [6, 6.07) is 0. The van der Waals surface area contributed by atoms with Crippen LogP contribution in [0.5, 0.6) is 0 Å². The van der Waals surface area contributed by atoms with E-state index in [1.54, 1.807) is 0 Å². The molecule has 0 heterocycles. The number of carbonyl (C=O) groups is 1. The molecule has 0 aromatic heterocycles. The molecule has 0 aliphatic heterocycles. The Morgan fingerprint density at radius 1 is 1.60 bits per heavy atom. The topological polar surface area (TPSA) is 17.1 Å². The number of hydrogen-bond donors (Lipinski definition) is 0. The summed E-state index contributed by atoms with van der Waals surface area (Å²) in [4.78, 5) is 8.81. The van der Waals surface area contributed by atoms with Crippen LogP contribution >= 0.6 is 0 Å². The molecule has 0 N–H and O–H groups in total. The minimum Gasteiger partial charge on any atom is -0.304 e. The Bertz CT molecular complexity index is 143. The molecule has 1 aliphatic carbocycles. The smallest absolute Gasteiger partial charge is 0.116 e. The van der Waals surface area contributed by atoms with Crippen LogP contribution in [-0.2, 0) is 4.79 Å². The average molecular weight is 138 g/mol. The van der Waals surface area contributed by atoms with Crippen LogP contribution in [0.3, 0.4) is 0 Å². The summed E-state index contributed by atoms with van der Waals surface area (Å²) in [5.74, 6) is 0. The van der Waals surface area contributed by atoms with Crippen molar-refractivity contribution in [1.29, 1.82) is 0 Å². The van der Waals surface area contributed by atoms with Crippen molar-refractivity contribution < 1.29 is 4.79 Å². The molecule has 1 aliphatic rings. The van der Waals surface area contributed by atoms with Crippen LogP contribution < -0.4 is 0 Å². The van der Waals surface area contributed by atoms with E-state index < -0.39 is 0 Å². The molecule has 0 radical (unpaired) electrons. The van der Waals surface area contributed by atoms with Crippen molar-refractivity contribution in [2.75, 3.05) is 0 Å². The number of carbonyl (C=O) groups excluding carboxylic acids is 1. The molecule has 0 bridgehead atoms.